The third kappa shape index (κ3) is 5.08. The molecule has 1 saturated heterocycles. The van der Waals surface area contributed by atoms with Crippen LogP contribution in [0, 0.1) is 13.0 Å². The van der Waals surface area contributed by atoms with Gasteiger partial charge in [-0.15, -0.1) is 5.56 Å². The van der Waals surface area contributed by atoms with E-state index >= 15 is 0 Å². The number of allylic oxidation sites excluding steroid dienone is 2. The van der Waals surface area contributed by atoms with E-state index < -0.39 is 0 Å². The molecule has 1 radical (unpaired) electrons. The molecule has 1 heterocycles. The molecule has 1 aromatic carbocycles. The van der Waals surface area contributed by atoms with Gasteiger partial charge in [0, 0.05) is 45.3 Å². The van der Waals surface area contributed by atoms with Crippen molar-refractivity contribution in [3.8, 4) is 0 Å². The first-order chi connectivity index (χ1) is 11.5. The van der Waals surface area contributed by atoms with Gasteiger partial charge in [-0.3, -0.25) is 15.3 Å². The Hall–Kier alpha value is -1.33. The number of carbonyl (C=O) groups is 2. The number of carbonyl (C=O) groups excluding carboxylic acids is 2. The summed E-state index contributed by atoms with van der Waals surface area (Å²) in [5.74, 6) is -0.130. The number of cyclic esters (lactones) is 1. The van der Waals surface area contributed by atoms with Crippen LogP contribution in [0.2, 0.25) is 0 Å². The summed E-state index contributed by atoms with van der Waals surface area (Å²) in [5, 5.41) is 2.68. The Kier molecular flexibility index (Phi) is 7.08. The van der Waals surface area contributed by atoms with Gasteiger partial charge in [-0.2, -0.15) is 25.0 Å². The summed E-state index contributed by atoms with van der Waals surface area (Å²) in [6.07, 6.45) is 6.84. The molecule has 0 bridgehead atoms. The van der Waals surface area contributed by atoms with E-state index in [0.29, 0.717) is 13.1 Å². The van der Waals surface area contributed by atoms with Crippen LogP contribution in [-0.2, 0) is 48.7 Å². The number of rotatable bonds is 5. The zero-order chi connectivity index (χ0) is 17.1. The van der Waals surface area contributed by atoms with Crippen LogP contribution >= 0.6 is 0 Å². The fourth-order valence-corrected chi connectivity index (χ4v) is 3.08. The van der Waals surface area contributed by atoms with Crippen LogP contribution < -0.4 is 10.2 Å². The average Bonchev–Trinajstić information content (AvgIpc) is 3.17. The third-order valence-corrected chi connectivity index (χ3v) is 4.39. The van der Waals surface area contributed by atoms with Crippen LogP contribution in [-0.4, -0.2) is 31.2 Å². The Bertz CT molecular complexity index is 687. The van der Waals surface area contributed by atoms with E-state index in [4.69, 9.17) is 4.74 Å². The van der Waals surface area contributed by atoms with Gasteiger partial charge in [0.15, 0.2) is 0 Å². The molecule has 131 valence electrons. The number of benzene rings is 1. The smallest absolute Gasteiger partial charge is 0.414 e. The number of ether oxygens (including phenoxy) is 1. The molecule has 2 amide bonds. The minimum atomic E-state index is -0.375. The van der Waals surface area contributed by atoms with Crippen LogP contribution in [0.5, 0.6) is 0 Å². The van der Waals surface area contributed by atoms with Crippen LogP contribution in [0.25, 0.3) is 0 Å². The normalized spacial score (nSPS) is 19.2. The molecule has 1 fully saturated rings. The number of amides is 2. The topological polar surface area (TPSA) is 58.6 Å². The monoisotopic (exact) mass is 415 g/mol. The van der Waals surface area contributed by atoms with Gasteiger partial charge in [-0.05, 0) is 0 Å². The molecule has 2 aliphatic rings. The van der Waals surface area contributed by atoms with Crippen molar-refractivity contribution in [3.05, 3.63) is 47.9 Å². The Morgan fingerprint density at radius 1 is 1.48 bits per heavy atom. The van der Waals surface area contributed by atoms with Crippen molar-refractivity contribution in [3.63, 3.8) is 0 Å². The van der Waals surface area contributed by atoms with Crippen molar-refractivity contribution in [1.29, 1.82) is 0 Å². The van der Waals surface area contributed by atoms with Gasteiger partial charge in [0.25, 0.3) is 0 Å². The molecule has 1 aliphatic heterocycles. The molecule has 1 atom stereocenters. The number of anilines is 1. The molecular weight excluding hydrogens is 393 g/mol. The zero-order valence-corrected chi connectivity index (χ0v) is 17.3. The SMILES string of the molecule is [CH2-]c1ccc(N2C[C@H](CNC(C)=O)OC2=O)cc1CC1=[C-]CCC1.[Y]. The summed E-state index contributed by atoms with van der Waals surface area (Å²) in [7, 11) is 0. The summed E-state index contributed by atoms with van der Waals surface area (Å²) in [5.41, 5.74) is 4.23. The number of nitrogens with zero attached hydrogens (tertiary/aromatic N) is 1. The summed E-state index contributed by atoms with van der Waals surface area (Å²) >= 11 is 0. The third-order valence-electron chi connectivity index (χ3n) is 4.39. The first kappa shape index (κ1) is 20.0. The van der Waals surface area contributed by atoms with Gasteiger partial charge in [-0.1, -0.05) is 31.4 Å². The average molecular weight is 415 g/mol. The first-order valence-corrected chi connectivity index (χ1v) is 8.29. The number of nitrogens with one attached hydrogen (secondary N) is 1. The fraction of sp³-hybridized carbons (Fsp3) is 0.421. The second kappa shape index (κ2) is 8.86. The molecule has 0 spiro atoms. The van der Waals surface area contributed by atoms with Gasteiger partial charge in [0.2, 0.25) is 5.91 Å². The summed E-state index contributed by atoms with van der Waals surface area (Å²) in [6, 6.07) is 5.84. The van der Waals surface area contributed by atoms with Gasteiger partial charge in [-0.25, -0.2) is 4.79 Å². The summed E-state index contributed by atoms with van der Waals surface area (Å²) < 4.78 is 5.32. The van der Waals surface area contributed by atoms with E-state index in [2.05, 4.69) is 18.3 Å². The molecular formula is C19H22N2O3Y-2. The fourth-order valence-electron chi connectivity index (χ4n) is 3.08. The molecule has 1 aliphatic carbocycles. The van der Waals surface area contributed by atoms with E-state index in [0.717, 1.165) is 36.1 Å². The minimum absolute atomic E-state index is 0. The first-order valence-electron chi connectivity index (χ1n) is 8.29. The molecule has 25 heavy (non-hydrogen) atoms. The molecule has 0 saturated carbocycles. The van der Waals surface area contributed by atoms with E-state index in [1.807, 2.05) is 18.2 Å². The van der Waals surface area contributed by atoms with E-state index in [9.17, 15) is 9.59 Å². The van der Waals surface area contributed by atoms with E-state index in [1.54, 1.807) is 4.90 Å². The summed E-state index contributed by atoms with van der Waals surface area (Å²) in [4.78, 5) is 24.7. The molecule has 3 rings (SSSR count). The van der Waals surface area contributed by atoms with Gasteiger partial charge in [0.1, 0.15) is 6.10 Å². The Morgan fingerprint density at radius 2 is 2.28 bits per heavy atom. The van der Waals surface area contributed by atoms with E-state index in [1.165, 1.54) is 18.9 Å². The molecule has 6 heteroatoms. The molecule has 0 aromatic heterocycles. The Morgan fingerprint density at radius 3 is 2.96 bits per heavy atom. The van der Waals surface area contributed by atoms with Crippen molar-refractivity contribution in [2.75, 3.05) is 18.0 Å². The largest absolute Gasteiger partial charge is 0.498 e. The second-order valence-corrected chi connectivity index (χ2v) is 6.32. The van der Waals surface area contributed by atoms with Crippen LogP contribution in [0.15, 0.2) is 23.8 Å². The van der Waals surface area contributed by atoms with Gasteiger partial charge < -0.3 is 16.1 Å². The van der Waals surface area contributed by atoms with Gasteiger partial charge in [0.05, 0.1) is 13.1 Å². The van der Waals surface area contributed by atoms with Crippen molar-refractivity contribution in [1.82, 2.24) is 5.32 Å². The van der Waals surface area contributed by atoms with Crippen molar-refractivity contribution in [2.24, 2.45) is 0 Å². The predicted molar refractivity (Wildman–Crippen MR) is 91.5 cm³/mol. The van der Waals surface area contributed by atoms with Crippen molar-refractivity contribution in [2.45, 2.75) is 38.7 Å². The van der Waals surface area contributed by atoms with E-state index in [-0.39, 0.29) is 50.8 Å². The standard InChI is InChI=1S/C19H22N2O3.Y/c1-13-7-8-17(10-16(13)9-15-5-3-4-6-15)21-12-18(24-19(21)23)11-20-14(2)22;/h7-8,10,18H,1,3-5,9,11-12H2,2H3,(H,20,22);/q-2;/t18-;/m0./s1. The second-order valence-electron chi connectivity index (χ2n) is 6.32. The Balaban J connectivity index is 0.00000225. The summed E-state index contributed by atoms with van der Waals surface area (Å²) in [6.45, 7) is 6.30. The molecule has 5 nitrogen and oxygen atoms in total. The van der Waals surface area contributed by atoms with Crippen LogP contribution in [0.1, 0.15) is 37.3 Å². The number of hydrogen-bond acceptors (Lipinski definition) is 3. The minimum Gasteiger partial charge on any atom is -0.498 e. The Labute approximate surface area is 174 Å². The van der Waals surface area contributed by atoms with Gasteiger partial charge >= 0.3 is 6.09 Å². The van der Waals surface area contributed by atoms with Crippen molar-refractivity contribution < 1.29 is 47.0 Å². The maximum absolute atomic E-state index is 12.1. The molecule has 1 aromatic rings. The van der Waals surface area contributed by atoms with Crippen molar-refractivity contribution >= 4 is 17.7 Å². The maximum Gasteiger partial charge on any atom is 0.414 e. The zero-order valence-electron chi connectivity index (χ0n) is 14.5. The maximum atomic E-state index is 12.1. The number of hydrogen-bond donors (Lipinski definition) is 1. The molecule has 1 N–H and O–H groups in total. The predicted octanol–water partition coefficient (Wildman–Crippen LogP) is 2.78. The van der Waals surface area contributed by atoms with Crippen LogP contribution in [0.4, 0.5) is 10.5 Å². The van der Waals surface area contributed by atoms with Crippen LogP contribution in [0.3, 0.4) is 0 Å². The quantitative estimate of drug-likeness (QED) is 0.753. The molecule has 0 unspecified atom stereocenters.